The van der Waals surface area contributed by atoms with Crippen LogP contribution in [-0.4, -0.2) is 29.7 Å². The van der Waals surface area contributed by atoms with Crippen molar-refractivity contribution in [1.82, 2.24) is 5.32 Å². The number of benzene rings is 1. The van der Waals surface area contributed by atoms with Gasteiger partial charge < -0.3 is 19.6 Å². The van der Waals surface area contributed by atoms with Crippen LogP contribution in [0.5, 0.6) is 0 Å². The number of furan rings is 1. The van der Waals surface area contributed by atoms with E-state index in [-0.39, 0.29) is 23.2 Å². The molecule has 0 radical (unpaired) electrons. The quantitative estimate of drug-likeness (QED) is 0.878. The van der Waals surface area contributed by atoms with Gasteiger partial charge >= 0.3 is 5.97 Å². The minimum atomic E-state index is -1.17. The van der Waals surface area contributed by atoms with Crippen LogP contribution >= 0.6 is 0 Å². The van der Waals surface area contributed by atoms with E-state index in [0.717, 1.165) is 25.2 Å². The number of hydrogen-bond donors (Lipinski definition) is 2. The lowest BCUT2D eigenvalue weighted by Crippen LogP contribution is -2.36. The van der Waals surface area contributed by atoms with Crippen LogP contribution in [0.3, 0.4) is 0 Å². The van der Waals surface area contributed by atoms with Crippen molar-refractivity contribution in [2.75, 3.05) is 6.61 Å². The van der Waals surface area contributed by atoms with Crippen molar-refractivity contribution in [3.05, 3.63) is 59.3 Å². The second-order valence-corrected chi connectivity index (χ2v) is 5.56. The Morgan fingerprint density at radius 3 is 2.62 bits per heavy atom. The van der Waals surface area contributed by atoms with Crippen LogP contribution in [0, 0.1) is 5.82 Å². The molecule has 0 unspecified atom stereocenters. The van der Waals surface area contributed by atoms with Gasteiger partial charge in [-0.25, -0.2) is 9.18 Å². The summed E-state index contributed by atoms with van der Waals surface area (Å²) in [6.07, 6.45) is 2.42. The number of ether oxygens (including phenoxy) is 1. The molecule has 1 fully saturated rings. The Morgan fingerprint density at radius 1 is 1.29 bits per heavy atom. The summed E-state index contributed by atoms with van der Waals surface area (Å²) in [5, 5.41) is 11.7. The number of aromatic carboxylic acids is 1. The van der Waals surface area contributed by atoms with Crippen LogP contribution < -0.4 is 5.32 Å². The van der Waals surface area contributed by atoms with Gasteiger partial charge in [-0.05, 0) is 30.5 Å². The standard InChI is InChI=1S/C17H16FNO5/c18-12-5-3-10(4-6-12)15(13-2-1-7-23-13)19-16(20)14-8-11(9-24-14)17(21)22/h3-6,8-9,13,15H,1-2,7H2,(H,19,20)(H,21,22)/t13-,15+/m1/s1. The molecule has 2 atom stereocenters. The van der Waals surface area contributed by atoms with Crippen LogP contribution in [0.1, 0.15) is 45.4 Å². The fraction of sp³-hybridized carbons (Fsp3) is 0.294. The number of carbonyl (C=O) groups is 2. The van der Waals surface area contributed by atoms with Gasteiger partial charge in [-0.15, -0.1) is 0 Å². The molecule has 2 aromatic rings. The van der Waals surface area contributed by atoms with Crippen molar-refractivity contribution >= 4 is 11.9 Å². The van der Waals surface area contributed by atoms with Crippen LogP contribution in [-0.2, 0) is 4.74 Å². The SMILES string of the molecule is O=C(O)c1coc(C(=O)N[C@@H](c2ccc(F)cc2)[C@H]2CCCO2)c1. The Kier molecular flexibility index (Phi) is 4.61. The van der Waals surface area contributed by atoms with Crippen LogP contribution in [0.2, 0.25) is 0 Å². The summed E-state index contributed by atoms with van der Waals surface area (Å²) in [6, 6.07) is 6.51. The molecule has 0 saturated carbocycles. The molecule has 1 aromatic heterocycles. The summed E-state index contributed by atoms with van der Waals surface area (Å²) in [5.41, 5.74) is 0.609. The van der Waals surface area contributed by atoms with E-state index in [1.165, 1.54) is 12.1 Å². The molecule has 1 aliphatic rings. The average Bonchev–Trinajstić information content (AvgIpc) is 3.25. The maximum absolute atomic E-state index is 13.1. The highest BCUT2D eigenvalue weighted by Gasteiger charge is 2.30. The summed E-state index contributed by atoms with van der Waals surface area (Å²) < 4.78 is 23.8. The number of amides is 1. The number of carboxylic acid groups (broad SMARTS) is 1. The summed E-state index contributed by atoms with van der Waals surface area (Å²) in [5.74, 6) is -2.19. The Bertz CT molecular complexity index is 734. The van der Waals surface area contributed by atoms with Crippen molar-refractivity contribution in [2.24, 2.45) is 0 Å². The molecule has 3 rings (SSSR count). The van der Waals surface area contributed by atoms with E-state index in [9.17, 15) is 14.0 Å². The van der Waals surface area contributed by atoms with Crippen LogP contribution in [0.4, 0.5) is 4.39 Å². The first-order valence-electron chi connectivity index (χ1n) is 7.54. The smallest absolute Gasteiger partial charge is 0.338 e. The Balaban J connectivity index is 1.81. The predicted octanol–water partition coefficient (Wildman–Crippen LogP) is 2.77. The summed E-state index contributed by atoms with van der Waals surface area (Å²) in [7, 11) is 0. The molecule has 2 heterocycles. The van der Waals surface area contributed by atoms with E-state index in [2.05, 4.69) is 5.32 Å². The number of hydrogen-bond acceptors (Lipinski definition) is 4. The Labute approximate surface area is 137 Å². The fourth-order valence-electron chi connectivity index (χ4n) is 2.71. The Hall–Kier alpha value is -2.67. The maximum Gasteiger partial charge on any atom is 0.338 e. The van der Waals surface area contributed by atoms with Crippen molar-refractivity contribution in [3.8, 4) is 0 Å². The van der Waals surface area contributed by atoms with E-state index >= 15 is 0 Å². The Morgan fingerprint density at radius 2 is 2.04 bits per heavy atom. The summed E-state index contributed by atoms with van der Waals surface area (Å²) >= 11 is 0. The van der Waals surface area contributed by atoms with Crippen molar-refractivity contribution in [3.63, 3.8) is 0 Å². The summed E-state index contributed by atoms with van der Waals surface area (Å²) in [4.78, 5) is 23.2. The molecule has 1 amide bonds. The van der Waals surface area contributed by atoms with E-state index < -0.39 is 17.9 Å². The highest BCUT2D eigenvalue weighted by Crippen LogP contribution is 2.27. The molecule has 1 saturated heterocycles. The predicted molar refractivity (Wildman–Crippen MR) is 81.2 cm³/mol. The zero-order valence-corrected chi connectivity index (χ0v) is 12.7. The monoisotopic (exact) mass is 333 g/mol. The molecule has 0 aliphatic carbocycles. The van der Waals surface area contributed by atoms with Crippen molar-refractivity contribution < 1.29 is 28.2 Å². The molecular weight excluding hydrogens is 317 g/mol. The van der Waals surface area contributed by atoms with Gasteiger partial charge in [0.2, 0.25) is 0 Å². The third-order valence-corrected chi connectivity index (χ3v) is 3.92. The second kappa shape index (κ2) is 6.84. The van der Waals surface area contributed by atoms with Gasteiger partial charge in [0.15, 0.2) is 5.76 Å². The molecule has 0 bridgehead atoms. The number of rotatable bonds is 5. The zero-order chi connectivity index (χ0) is 17.1. The van der Waals surface area contributed by atoms with Gasteiger partial charge in [-0.1, -0.05) is 12.1 Å². The molecule has 6 nitrogen and oxygen atoms in total. The lowest BCUT2D eigenvalue weighted by molar-refractivity contribution is 0.0657. The van der Waals surface area contributed by atoms with Gasteiger partial charge in [0.25, 0.3) is 5.91 Å². The van der Waals surface area contributed by atoms with Gasteiger partial charge in [-0.3, -0.25) is 4.79 Å². The highest BCUT2D eigenvalue weighted by molar-refractivity contribution is 5.95. The van der Waals surface area contributed by atoms with Crippen molar-refractivity contribution in [1.29, 1.82) is 0 Å². The minimum Gasteiger partial charge on any atom is -0.478 e. The molecule has 2 N–H and O–H groups in total. The lowest BCUT2D eigenvalue weighted by Gasteiger charge is -2.24. The van der Waals surface area contributed by atoms with Crippen LogP contribution in [0.15, 0.2) is 41.0 Å². The third-order valence-electron chi connectivity index (χ3n) is 3.92. The van der Waals surface area contributed by atoms with Gasteiger partial charge in [0.05, 0.1) is 17.7 Å². The first-order valence-corrected chi connectivity index (χ1v) is 7.54. The van der Waals surface area contributed by atoms with Crippen molar-refractivity contribution in [2.45, 2.75) is 25.0 Å². The largest absolute Gasteiger partial charge is 0.478 e. The minimum absolute atomic E-state index is 0.0995. The first kappa shape index (κ1) is 16.2. The molecule has 1 aromatic carbocycles. The lowest BCUT2D eigenvalue weighted by atomic mass is 9.99. The zero-order valence-electron chi connectivity index (χ0n) is 12.7. The van der Waals surface area contributed by atoms with E-state index in [1.54, 1.807) is 12.1 Å². The number of carboxylic acids is 1. The highest BCUT2D eigenvalue weighted by atomic mass is 19.1. The topological polar surface area (TPSA) is 88.8 Å². The second-order valence-electron chi connectivity index (χ2n) is 5.56. The molecule has 7 heteroatoms. The number of nitrogens with one attached hydrogen (secondary N) is 1. The maximum atomic E-state index is 13.1. The molecule has 126 valence electrons. The summed E-state index contributed by atoms with van der Waals surface area (Å²) in [6.45, 7) is 0.599. The van der Waals surface area contributed by atoms with E-state index in [0.29, 0.717) is 12.2 Å². The molecular formula is C17H16FNO5. The van der Waals surface area contributed by atoms with E-state index in [1.807, 2.05) is 0 Å². The third kappa shape index (κ3) is 3.46. The fourth-order valence-corrected chi connectivity index (χ4v) is 2.71. The number of carbonyl (C=O) groups excluding carboxylic acids is 1. The van der Waals surface area contributed by atoms with Gasteiger partial charge in [-0.2, -0.15) is 0 Å². The average molecular weight is 333 g/mol. The number of halogens is 1. The van der Waals surface area contributed by atoms with Gasteiger partial charge in [0, 0.05) is 12.7 Å². The normalized spacial score (nSPS) is 18.3. The van der Waals surface area contributed by atoms with Crippen LogP contribution in [0.25, 0.3) is 0 Å². The molecule has 24 heavy (non-hydrogen) atoms. The molecule has 1 aliphatic heterocycles. The van der Waals surface area contributed by atoms with E-state index in [4.69, 9.17) is 14.3 Å². The first-order chi connectivity index (χ1) is 11.5. The molecule has 0 spiro atoms. The van der Waals surface area contributed by atoms with Gasteiger partial charge in [0.1, 0.15) is 12.1 Å².